The molecule has 0 aromatic carbocycles. The number of amides is 1. The van der Waals surface area contributed by atoms with Gasteiger partial charge in [-0.25, -0.2) is 4.98 Å². The summed E-state index contributed by atoms with van der Waals surface area (Å²) in [5.41, 5.74) is 0. The predicted molar refractivity (Wildman–Crippen MR) is 64.8 cm³/mol. The lowest BCUT2D eigenvalue weighted by Crippen LogP contribution is -2.41. The molecular weight excluding hydrogens is 234 g/mol. The van der Waals surface area contributed by atoms with Crippen LogP contribution in [-0.2, 0) is 16.1 Å². The fourth-order valence-corrected chi connectivity index (χ4v) is 1.86. The SMILES string of the molecule is Cc1nc(CN(C)C(=O)CC2CNCCO2)n[nH]1. The summed E-state index contributed by atoms with van der Waals surface area (Å²) in [5.74, 6) is 1.43. The van der Waals surface area contributed by atoms with E-state index in [1.807, 2.05) is 6.92 Å². The second kappa shape index (κ2) is 5.92. The van der Waals surface area contributed by atoms with Gasteiger partial charge in [0.15, 0.2) is 5.82 Å². The van der Waals surface area contributed by atoms with Crippen LogP contribution in [0.25, 0.3) is 0 Å². The van der Waals surface area contributed by atoms with E-state index >= 15 is 0 Å². The van der Waals surface area contributed by atoms with Crippen LogP contribution in [0.1, 0.15) is 18.1 Å². The first-order valence-corrected chi connectivity index (χ1v) is 6.09. The number of aromatic nitrogens is 3. The van der Waals surface area contributed by atoms with Crippen molar-refractivity contribution in [2.75, 3.05) is 26.7 Å². The van der Waals surface area contributed by atoms with Gasteiger partial charge in [0.1, 0.15) is 5.82 Å². The van der Waals surface area contributed by atoms with E-state index in [9.17, 15) is 4.79 Å². The van der Waals surface area contributed by atoms with E-state index in [1.165, 1.54) is 0 Å². The highest BCUT2D eigenvalue weighted by Crippen LogP contribution is 2.06. The highest BCUT2D eigenvalue weighted by Gasteiger charge is 2.20. The van der Waals surface area contributed by atoms with Crippen LogP contribution in [0.2, 0.25) is 0 Å². The molecule has 0 spiro atoms. The molecule has 1 aliphatic rings. The highest BCUT2D eigenvalue weighted by molar-refractivity contribution is 5.76. The maximum Gasteiger partial charge on any atom is 0.225 e. The molecule has 100 valence electrons. The predicted octanol–water partition coefficient (Wildman–Crippen LogP) is -0.550. The molecule has 2 rings (SSSR count). The van der Waals surface area contributed by atoms with Crippen molar-refractivity contribution in [3.05, 3.63) is 11.6 Å². The third-order valence-electron chi connectivity index (χ3n) is 2.85. The van der Waals surface area contributed by atoms with Gasteiger partial charge in [-0.2, -0.15) is 5.10 Å². The first-order valence-electron chi connectivity index (χ1n) is 6.09. The Morgan fingerprint density at radius 3 is 3.06 bits per heavy atom. The standard InChI is InChI=1S/C11H19N5O2/c1-8-13-10(15-14-8)7-16(2)11(17)5-9-6-12-3-4-18-9/h9,12H,3-7H2,1-2H3,(H,13,14,15). The minimum Gasteiger partial charge on any atom is -0.375 e. The molecule has 18 heavy (non-hydrogen) atoms. The molecule has 1 amide bonds. The van der Waals surface area contributed by atoms with Crippen LogP contribution in [0, 0.1) is 6.92 Å². The quantitative estimate of drug-likeness (QED) is 0.752. The molecule has 1 aliphatic heterocycles. The van der Waals surface area contributed by atoms with Gasteiger partial charge in [0, 0.05) is 20.1 Å². The van der Waals surface area contributed by atoms with Crippen LogP contribution >= 0.6 is 0 Å². The number of hydrogen-bond donors (Lipinski definition) is 2. The van der Waals surface area contributed by atoms with Crippen LogP contribution in [-0.4, -0.2) is 58.8 Å². The summed E-state index contributed by atoms with van der Waals surface area (Å²) >= 11 is 0. The van der Waals surface area contributed by atoms with Crippen molar-refractivity contribution in [1.82, 2.24) is 25.4 Å². The summed E-state index contributed by atoms with van der Waals surface area (Å²) in [4.78, 5) is 17.8. The van der Waals surface area contributed by atoms with Gasteiger partial charge >= 0.3 is 0 Å². The lowest BCUT2D eigenvalue weighted by Gasteiger charge is -2.25. The highest BCUT2D eigenvalue weighted by atomic mass is 16.5. The maximum atomic E-state index is 12.0. The van der Waals surface area contributed by atoms with Crippen molar-refractivity contribution in [1.29, 1.82) is 0 Å². The largest absolute Gasteiger partial charge is 0.375 e. The van der Waals surface area contributed by atoms with Crippen LogP contribution in [0.15, 0.2) is 0 Å². The van der Waals surface area contributed by atoms with Gasteiger partial charge in [-0.05, 0) is 6.92 Å². The molecule has 1 saturated heterocycles. The molecule has 0 aliphatic carbocycles. The molecule has 7 heteroatoms. The number of H-pyrrole nitrogens is 1. The monoisotopic (exact) mass is 253 g/mol. The Morgan fingerprint density at radius 1 is 1.61 bits per heavy atom. The Morgan fingerprint density at radius 2 is 2.44 bits per heavy atom. The second-order valence-electron chi connectivity index (χ2n) is 4.49. The molecule has 2 N–H and O–H groups in total. The third kappa shape index (κ3) is 3.51. The Hall–Kier alpha value is -1.47. The first kappa shape index (κ1) is 13.0. The average molecular weight is 253 g/mol. The van der Waals surface area contributed by atoms with E-state index in [2.05, 4.69) is 20.5 Å². The van der Waals surface area contributed by atoms with Gasteiger partial charge in [-0.1, -0.05) is 0 Å². The average Bonchev–Trinajstić information content (AvgIpc) is 2.76. The number of hydrogen-bond acceptors (Lipinski definition) is 5. The van der Waals surface area contributed by atoms with E-state index < -0.39 is 0 Å². The Bertz CT molecular complexity index is 400. The van der Waals surface area contributed by atoms with Crippen molar-refractivity contribution in [2.45, 2.75) is 26.0 Å². The fourth-order valence-electron chi connectivity index (χ4n) is 1.86. The van der Waals surface area contributed by atoms with E-state index in [1.54, 1.807) is 11.9 Å². The van der Waals surface area contributed by atoms with Gasteiger partial charge in [0.05, 0.1) is 25.7 Å². The molecule has 1 atom stereocenters. The van der Waals surface area contributed by atoms with Crippen molar-refractivity contribution in [2.24, 2.45) is 0 Å². The molecule has 1 aromatic rings. The van der Waals surface area contributed by atoms with E-state index in [0.717, 1.165) is 18.9 Å². The molecule has 2 heterocycles. The zero-order valence-corrected chi connectivity index (χ0v) is 10.8. The lowest BCUT2D eigenvalue weighted by atomic mass is 10.2. The van der Waals surface area contributed by atoms with Gasteiger partial charge < -0.3 is 15.0 Å². The van der Waals surface area contributed by atoms with Gasteiger partial charge in [0.2, 0.25) is 5.91 Å². The summed E-state index contributed by atoms with van der Waals surface area (Å²) in [6.07, 6.45) is 0.370. The van der Waals surface area contributed by atoms with Crippen molar-refractivity contribution < 1.29 is 9.53 Å². The number of rotatable bonds is 4. The maximum absolute atomic E-state index is 12.0. The molecule has 0 bridgehead atoms. The van der Waals surface area contributed by atoms with Gasteiger partial charge in [0.25, 0.3) is 0 Å². The topological polar surface area (TPSA) is 83.1 Å². The summed E-state index contributed by atoms with van der Waals surface area (Å²) in [7, 11) is 1.75. The second-order valence-corrected chi connectivity index (χ2v) is 4.49. The Balaban J connectivity index is 1.80. The molecule has 0 radical (unpaired) electrons. The zero-order valence-electron chi connectivity index (χ0n) is 10.8. The van der Waals surface area contributed by atoms with Crippen LogP contribution in [0.5, 0.6) is 0 Å². The normalized spacial score (nSPS) is 19.8. The van der Waals surface area contributed by atoms with Crippen molar-refractivity contribution in [3.8, 4) is 0 Å². The number of aryl methyl sites for hydroxylation is 1. The molecular formula is C11H19N5O2. The first-order chi connectivity index (χ1) is 8.65. The Kier molecular flexibility index (Phi) is 4.27. The molecule has 0 saturated carbocycles. The number of morpholine rings is 1. The van der Waals surface area contributed by atoms with Crippen LogP contribution in [0.3, 0.4) is 0 Å². The molecule has 1 aromatic heterocycles. The van der Waals surface area contributed by atoms with Crippen LogP contribution < -0.4 is 5.32 Å². The fraction of sp³-hybridized carbons (Fsp3) is 0.727. The van der Waals surface area contributed by atoms with E-state index in [0.29, 0.717) is 25.4 Å². The minimum absolute atomic E-state index is 0.0254. The van der Waals surface area contributed by atoms with Crippen molar-refractivity contribution >= 4 is 5.91 Å². The Labute approximate surface area is 106 Å². The number of nitrogens with one attached hydrogen (secondary N) is 2. The van der Waals surface area contributed by atoms with Gasteiger partial charge in [-0.3, -0.25) is 9.89 Å². The number of carbonyl (C=O) groups is 1. The summed E-state index contributed by atoms with van der Waals surface area (Å²) in [5, 5.41) is 9.98. The van der Waals surface area contributed by atoms with E-state index in [4.69, 9.17) is 4.74 Å². The van der Waals surface area contributed by atoms with Crippen LogP contribution in [0.4, 0.5) is 0 Å². The van der Waals surface area contributed by atoms with E-state index in [-0.39, 0.29) is 12.0 Å². The molecule has 1 fully saturated rings. The molecule has 7 nitrogen and oxygen atoms in total. The summed E-state index contributed by atoms with van der Waals surface area (Å²) in [6, 6.07) is 0. The summed E-state index contributed by atoms with van der Waals surface area (Å²) in [6.45, 7) is 4.52. The van der Waals surface area contributed by atoms with Crippen molar-refractivity contribution in [3.63, 3.8) is 0 Å². The number of aromatic amines is 1. The van der Waals surface area contributed by atoms with Gasteiger partial charge in [-0.15, -0.1) is 0 Å². The minimum atomic E-state index is -0.0254. The number of carbonyl (C=O) groups excluding carboxylic acids is 1. The number of nitrogens with zero attached hydrogens (tertiary/aromatic N) is 3. The lowest BCUT2D eigenvalue weighted by molar-refractivity contribution is -0.134. The zero-order chi connectivity index (χ0) is 13.0. The molecule has 1 unspecified atom stereocenters. The smallest absolute Gasteiger partial charge is 0.225 e. The number of ether oxygens (including phenoxy) is 1. The third-order valence-corrected chi connectivity index (χ3v) is 2.85. The summed E-state index contributed by atoms with van der Waals surface area (Å²) < 4.78 is 5.51.